The molecular formula is C30H24N2O4. The molecule has 0 saturated carbocycles. The first kappa shape index (κ1) is 22.9. The third-order valence-electron chi connectivity index (χ3n) is 5.75. The van der Waals surface area contributed by atoms with Crippen molar-refractivity contribution in [1.29, 1.82) is 0 Å². The van der Waals surface area contributed by atoms with Crippen molar-refractivity contribution >= 4 is 22.5 Å². The van der Waals surface area contributed by atoms with E-state index < -0.39 is 0 Å². The number of nitrogens with zero attached hydrogens (tertiary/aromatic N) is 1. The van der Waals surface area contributed by atoms with Gasteiger partial charge in [-0.2, -0.15) is 0 Å². The van der Waals surface area contributed by atoms with E-state index in [0.29, 0.717) is 45.5 Å². The quantitative estimate of drug-likeness (QED) is 0.275. The second-order valence-corrected chi connectivity index (χ2v) is 8.00. The van der Waals surface area contributed by atoms with Gasteiger partial charge in [-0.1, -0.05) is 48.5 Å². The van der Waals surface area contributed by atoms with E-state index in [1.807, 2.05) is 91.0 Å². The molecule has 178 valence electrons. The zero-order chi connectivity index (χ0) is 24.9. The summed E-state index contributed by atoms with van der Waals surface area (Å²) in [4.78, 5) is 18.4. The van der Waals surface area contributed by atoms with Crippen molar-refractivity contribution in [1.82, 2.24) is 4.98 Å². The number of methoxy groups -OCH3 is 2. The fourth-order valence-corrected chi connectivity index (χ4v) is 3.98. The van der Waals surface area contributed by atoms with Gasteiger partial charge in [0.1, 0.15) is 17.2 Å². The van der Waals surface area contributed by atoms with Gasteiger partial charge >= 0.3 is 0 Å². The molecule has 0 aliphatic heterocycles. The summed E-state index contributed by atoms with van der Waals surface area (Å²) in [6.07, 6.45) is 0. The zero-order valence-electron chi connectivity index (χ0n) is 19.9. The molecule has 1 aromatic heterocycles. The van der Waals surface area contributed by atoms with Gasteiger partial charge in [0.25, 0.3) is 5.91 Å². The number of rotatable bonds is 7. The Kier molecular flexibility index (Phi) is 6.49. The molecule has 1 N–H and O–H groups in total. The Hall–Kier alpha value is -4.84. The van der Waals surface area contributed by atoms with E-state index in [0.717, 1.165) is 10.9 Å². The lowest BCUT2D eigenvalue weighted by molar-refractivity contribution is 0.102. The number of hydrogen-bond donors (Lipinski definition) is 1. The zero-order valence-corrected chi connectivity index (χ0v) is 19.9. The maximum Gasteiger partial charge on any atom is 0.256 e. The number of ether oxygens (including phenoxy) is 3. The van der Waals surface area contributed by atoms with Crippen LogP contribution in [0.3, 0.4) is 0 Å². The van der Waals surface area contributed by atoms with E-state index in [1.54, 1.807) is 26.4 Å². The van der Waals surface area contributed by atoms with E-state index in [4.69, 9.17) is 19.2 Å². The molecule has 0 atom stereocenters. The average molecular weight is 477 g/mol. The second-order valence-electron chi connectivity index (χ2n) is 8.00. The van der Waals surface area contributed by atoms with E-state index in [9.17, 15) is 4.79 Å². The van der Waals surface area contributed by atoms with Crippen LogP contribution in [0.25, 0.3) is 22.2 Å². The van der Waals surface area contributed by atoms with Crippen LogP contribution in [-0.4, -0.2) is 25.1 Å². The van der Waals surface area contributed by atoms with Crippen LogP contribution in [0.5, 0.6) is 23.0 Å². The summed E-state index contributed by atoms with van der Waals surface area (Å²) in [6.45, 7) is 0. The predicted molar refractivity (Wildman–Crippen MR) is 141 cm³/mol. The second kappa shape index (κ2) is 10.2. The van der Waals surface area contributed by atoms with Crippen molar-refractivity contribution < 1.29 is 19.0 Å². The summed E-state index contributed by atoms with van der Waals surface area (Å²) in [7, 11) is 3.20. The summed E-state index contributed by atoms with van der Waals surface area (Å²) in [5, 5.41) is 3.77. The van der Waals surface area contributed by atoms with Crippen LogP contribution in [0.4, 0.5) is 5.69 Å². The van der Waals surface area contributed by atoms with Crippen LogP contribution >= 0.6 is 0 Å². The van der Waals surface area contributed by atoms with Crippen molar-refractivity contribution in [2.24, 2.45) is 0 Å². The van der Waals surface area contributed by atoms with Crippen LogP contribution in [0.2, 0.25) is 0 Å². The molecule has 0 fully saturated rings. The molecule has 1 amide bonds. The molecule has 0 aliphatic rings. The number of carbonyl (C=O) groups excluding carboxylic acids is 1. The maximum absolute atomic E-state index is 13.6. The number of hydrogen-bond acceptors (Lipinski definition) is 5. The monoisotopic (exact) mass is 476 g/mol. The summed E-state index contributed by atoms with van der Waals surface area (Å²) in [6, 6.07) is 31.6. The van der Waals surface area contributed by atoms with Crippen molar-refractivity contribution in [3.63, 3.8) is 0 Å². The molecule has 0 radical (unpaired) electrons. The fraction of sp³-hybridized carbons (Fsp3) is 0.0667. The molecule has 1 heterocycles. The predicted octanol–water partition coefficient (Wildman–Crippen LogP) is 6.96. The lowest BCUT2D eigenvalue weighted by atomic mass is 10.0. The molecule has 6 nitrogen and oxygen atoms in total. The smallest absolute Gasteiger partial charge is 0.256 e. The van der Waals surface area contributed by atoms with Crippen LogP contribution in [0, 0.1) is 0 Å². The van der Waals surface area contributed by atoms with Crippen LogP contribution in [0.1, 0.15) is 10.4 Å². The number of fused-ring (bicyclic) bond motifs is 1. The summed E-state index contributed by atoms with van der Waals surface area (Å²) in [5.41, 5.74) is 3.13. The van der Waals surface area contributed by atoms with E-state index in [2.05, 4.69) is 5.32 Å². The minimum absolute atomic E-state index is 0.272. The van der Waals surface area contributed by atoms with Gasteiger partial charge < -0.3 is 19.5 Å². The normalized spacial score (nSPS) is 10.6. The van der Waals surface area contributed by atoms with Crippen molar-refractivity contribution in [2.75, 3.05) is 19.5 Å². The minimum atomic E-state index is -0.272. The maximum atomic E-state index is 13.6. The highest BCUT2D eigenvalue weighted by Gasteiger charge is 2.18. The van der Waals surface area contributed by atoms with Gasteiger partial charge in [-0.05, 0) is 48.5 Å². The molecule has 5 aromatic rings. The highest BCUT2D eigenvalue weighted by Crippen LogP contribution is 2.35. The summed E-state index contributed by atoms with van der Waals surface area (Å²) >= 11 is 0. The minimum Gasteiger partial charge on any atom is -0.497 e. The molecule has 0 bridgehead atoms. The Morgan fingerprint density at radius 3 is 2.28 bits per heavy atom. The SMILES string of the molecule is COc1ccc(-c2cc(C(=O)Nc3ccccc3Oc3ccccc3)c3ccccc3n2)c(OC)c1. The topological polar surface area (TPSA) is 69.7 Å². The van der Waals surface area contributed by atoms with Crippen LogP contribution in [-0.2, 0) is 0 Å². The number of carbonyl (C=O) groups is 1. The Labute approximate surface area is 209 Å². The van der Waals surface area contributed by atoms with Crippen molar-refractivity contribution in [3.8, 4) is 34.3 Å². The molecule has 0 spiro atoms. The number of pyridine rings is 1. The molecule has 5 rings (SSSR count). The Balaban J connectivity index is 1.55. The van der Waals surface area contributed by atoms with E-state index >= 15 is 0 Å². The van der Waals surface area contributed by atoms with Gasteiger partial charge in [-0.25, -0.2) is 4.98 Å². The highest BCUT2D eigenvalue weighted by molar-refractivity contribution is 6.13. The van der Waals surface area contributed by atoms with Gasteiger partial charge in [0.05, 0.1) is 36.7 Å². The largest absolute Gasteiger partial charge is 0.497 e. The van der Waals surface area contributed by atoms with Crippen LogP contribution in [0.15, 0.2) is 103 Å². The lowest BCUT2D eigenvalue weighted by Crippen LogP contribution is -2.13. The van der Waals surface area contributed by atoms with Crippen molar-refractivity contribution in [3.05, 3.63) is 109 Å². The number of benzene rings is 4. The number of amides is 1. The number of aromatic nitrogens is 1. The molecule has 36 heavy (non-hydrogen) atoms. The molecule has 0 unspecified atom stereocenters. The third-order valence-corrected chi connectivity index (χ3v) is 5.75. The highest BCUT2D eigenvalue weighted by atomic mass is 16.5. The first-order chi connectivity index (χ1) is 17.7. The Morgan fingerprint density at radius 2 is 1.47 bits per heavy atom. The van der Waals surface area contributed by atoms with Gasteiger partial charge in [-0.3, -0.25) is 4.79 Å². The Bertz CT molecular complexity index is 1530. The number of nitrogens with one attached hydrogen (secondary N) is 1. The Morgan fingerprint density at radius 1 is 0.722 bits per heavy atom. The summed E-state index contributed by atoms with van der Waals surface area (Å²) in [5.74, 6) is 2.23. The van der Waals surface area contributed by atoms with E-state index in [-0.39, 0.29) is 5.91 Å². The van der Waals surface area contributed by atoms with Crippen molar-refractivity contribution in [2.45, 2.75) is 0 Å². The van der Waals surface area contributed by atoms with Gasteiger partial charge in [0, 0.05) is 17.0 Å². The third kappa shape index (κ3) is 4.70. The molecule has 4 aromatic carbocycles. The van der Waals surface area contributed by atoms with Crippen LogP contribution < -0.4 is 19.5 Å². The van der Waals surface area contributed by atoms with E-state index in [1.165, 1.54) is 0 Å². The molecule has 0 aliphatic carbocycles. The average Bonchev–Trinajstić information content (AvgIpc) is 2.93. The molecular weight excluding hydrogens is 452 g/mol. The number of anilines is 1. The number of para-hydroxylation sites is 4. The lowest BCUT2D eigenvalue weighted by Gasteiger charge is -2.15. The molecule has 6 heteroatoms. The molecule has 0 saturated heterocycles. The summed E-state index contributed by atoms with van der Waals surface area (Å²) < 4.78 is 16.9. The van der Waals surface area contributed by atoms with Gasteiger partial charge in [-0.15, -0.1) is 0 Å². The van der Waals surface area contributed by atoms with Gasteiger partial charge in [0.15, 0.2) is 5.75 Å². The first-order valence-corrected chi connectivity index (χ1v) is 11.4. The van der Waals surface area contributed by atoms with Gasteiger partial charge in [0.2, 0.25) is 0 Å². The first-order valence-electron chi connectivity index (χ1n) is 11.4. The fourth-order valence-electron chi connectivity index (χ4n) is 3.98. The standard InChI is InChI=1S/C30H24N2O4/c1-34-21-16-17-23(29(18-21)35-2)27-19-24(22-12-6-7-13-25(22)31-27)30(33)32-26-14-8-9-15-28(26)36-20-10-4-3-5-11-20/h3-19H,1-2H3,(H,32,33).